The van der Waals surface area contributed by atoms with Crippen LogP contribution in [0.5, 0.6) is 0 Å². The SMILES string of the molecule is CC(C)C(=O)C1CCCC1C. The summed E-state index contributed by atoms with van der Waals surface area (Å²) in [7, 11) is 0. The Labute approximate surface area is 69.2 Å². The van der Waals surface area contributed by atoms with Gasteiger partial charge in [0.05, 0.1) is 0 Å². The highest BCUT2D eigenvalue weighted by atomic mass is 16.1. The average Bonchev–Trinajstić information content (AvgIpc) is 2.33. The first kappa shape index (κ1) is 8.76. The predicted molar refractivity (Wildman–Crippen MR) is 46.4 cm³/mol. The highest BCUT2D eigenvalue weighted by Gasteiger charge is 2.30. The second kappa shape index (κ2) is 3.38. The molecule has 0 radical (unpaired) electrons. The zero-order valence-electron chi connectivity index (χ0n) is 7.76. The van der Waals surface area contributed by atoms with E-state index in [1.54, 1.807) is 0 Å². The van der Waals surface area contributed by atoms with Crippen LogP contribution in [0.2, 0.25) is 0 Å². The van der Waals surface area contributed by atoms with E-state index in [0.717, 1.165) is 6.42 Å². The van der Waals surface area contributed by atoms with Crippen molar-refractivity contribution in [3.05, 3.63) is 0 Å². The molecule has 0 aromatic carbocycles. The molecule has 0 spiro atoms. The molecule has 0 bridgehead atoms. The normalized spacial score (nSPS) is 31.3. The number of Topliss-reactive ketones (excluding diaryl/α,β-unsaturated/α-hetero) is 1. The van der Waals surface area contributed by atoms with Crippen LogP contribution in [0.3, 0.4) is 0 Å². The van der Waals surface area contributed by atoms with Crippen LogP contribution in [0.25, 0.3) is 0 Å². The summed E-state index contributed by atoms with van der Waals surface area (Å²) in [6.45, 7) is 6.22. The largest absolute Gasteiger partial charge is 0.299 e. The Morgan fingerprint density at radius 3 is 2.36 bits per heavy atom. The second-order valence-electron chi connectivity index (χ2n) is 4.07. The molecule has 0 aliphatic heterocycles. The van der Waals surface area contributed by atoms with Crippen LogP contribution in [0.1, 0.15) is 40.0 Å². The summed E-state index contributed by atoms with van der Waals surface area (Å²) in [5.41, 5.74) is 0. The number of hydrogen-bond acceptors (Lipinski definition) is 1. The summed E-state index contributed by atoms with van der Waals surface area (Å²) in [6, 6.07) is 0. The van der Waals surface area contributed by atoms with E-state index < -0.39 is 0 Å². The number of carbonyl (C=O) groups excluding carboxylic acids is 1. The molecule has 0 heterocycles. The van der Waals surface area contributed by atoms with Crippen molar-refractivity contribution in [2.24, 2.45) is 17.8 Å². The summed E-state index contributed by atoms with van der Waals surface area (Å²) < 4.78 is 0. The van der Waals surface area contributed by atoms with Crippen LogP contribution >= 0.6 is 0 Å². The first-order chi connectivity index (χ1) is 5.13. The summed E-state index contributed by atoms with van der Waals surface area (Å²) >= 11 is 0. The van der Waals surface area contributed by atoms with Gasteiger partial charge in [0.1, 0.15) is 5.78 Å². The number of rotatable bonds is 2. The minimum atomic E-state index is 0.237. The molecule has 0 aromatic heterocycles. The lowest BCUT2D eigenvalue weighted by atomic mass is 9.88. The summed E-state index contributed by atoms with van der Waals surface area (Å²) in [4.78, 5) is 11.6. The van der Waals surface area contributed by atoms with Crippen LogP contribution in [0.15, 0.2) is 0 Å². The molecule has 2 atom stereocenters. The van der Waals surface area contributed by atoms with Gasteiger partial charge in [0.15, 0.2) is 0 Å². The average molecular weight is 154 g/mol. The van der Waals surface area contributed by atoms with E-state index in [9.17, 15) is 4.79 Å². The van der Waals surface area contributed by atoms with Crippen LogP contribution in [0, 0.1) is 17.8 Å². The molecule has 1 rings (SSSR count). The lowest BCUT2D eigenvalue weighted by Gasteiger charge is -2.15. The van der Waals surface area contributed by atoms with Crippen molar-refractivity contribution in [1.29, 1.82) is 0 Å². The quantitative estimate of drug-likeness (QED) is 0.597. The highest BCUT2D eigenvalue weighted by molar-refractivity contribution is 5.83. The van der Waals surface area contributed by atoms with Gasteiger partial charge >= 0.3 is 0 Å². The molecule has 64 valence electrons. The Kier molecular flexibility index (Phi) is 2.69. The monoisotopic (exact) mass is 154 g/mol. The Balaban J connectivity index is 2.53. The molecule has 0 saturated heterocycles. The van der Waals surface area contributed by atoms with Crippen molar-refractivity contribution in [3.8, 4) is 0 Å². The molecule has 2 unspecified atom stereocenters. The van der Waals surface area contributed by atoms with E-state index in [0.29, 0.717) is 17.6 Å². The molecular formula is C10H18O. The third-order valence-electron chi connectivity index (χ3n) is 2.80. The standard InChI is InChI=1S/C10H18O/c1-7(2)10(11)9-6-4-5-8(9)3/h7-9H,4-6H2,1-3H3. The number of ketones is 1. The van der Waals surface area contributed by atoms with Gasteiger partial charge < -0.3 is 0 Å². The van der Waals surface area contributed by atoms with E-state index in [1.807, 2.05) is 13.8 Å². The summed E-state index contributed by atoms with van der Waals surface area (Å²) in [5.74, 6) is 1.75. The maximum absolute atomic E-state index is 11.6. The molecule has 1 fully saturated rings. The Morgan fingerprint density at radius 2 is 2.00 bits per heavy atom. The lowest BCUT2D eigenvalue weighted by molar-refractivity contribution is -0.126. The van der Waals surface area contributed by atoms with Gasteiger partial charge in [-0.2, -0.15) is 0 Å². The van der Waals surface area contributed by atoms with Gasteiger partial charge in [-0.3, -0.25) is 4.79 Å². The van der Waals surface area contributed by atoms with E-state index in [2.05, 4.69) is 6.92 Å². The molecule has 0 amide bonds. The molecule has 11 heavy (non-hydrogen) atoms. The Hall–Kier alpha value is -0.330. The zero-order valence-corrected chi connectivity index (χ0v) is 7.76. The molecule has 0 aromatic rings. The molecule has 1 aliphatic rings. The fourth-order valence-corrected chi connectivity index (χ4v) is 2.00. The van der Waals surface area contributed by atoms with Crippen molar-refractivity contribution >= 4 is 5.78 Å². The van der Waals surface area contributed by atoms with Crippen LogP contribution in [0.4, 0.5) is 0 Å². The Bertz CT molecular complexity index is 149. The predicted octanol–water partition coefficient (Wildman–Crippen LogP) is 2.65. The molecule has 1 nitrogen and oxygen atoms in total. The third kappa shape index (κ3) is 1.82. The zero-order chi connectivity index (χ0) is 8.43. The smallest absolute Gasteiger partial charge is 0.138 e. The summed E-state index contributed by atoms with van der Waals surface area (Å²) in [6.07, 6.45) is 3.64. The van der Waals surface area contributed by atoms with E-state index in [1.165, 1.54) is 12.8 Å². The minimum Gasteiger partial charge on any atom is -0.299 e. The van der Waals surface area contributed by atoms with Crippen LogP contribution < -0.4 is 0 Å². The molecule has 0 N–H and O–H groups in total. The van der Waals surface area contributed by atoms with Crippen molar-refractivity contribution < 1.29 is 4.79 Å². The maximum atomic E-state index is 11.6. The highest BCUT2D eigenvalue weighted by Crippen LogP contribution is 2.33. The maximum Gasteiger partial charge on any atom is 0.138 e. The molecular weight excluding hydrogens is 136 g/mol. The van der Waals surface area contributed by atoms with Crippen molar-refractivity contribution in [2.45, 2.75) is 40.0 Å². The number of carbonyl (C=O) groups is 1. The minimum absolute atomic E-state index is 0.237. The van der Waals surface area contributed by atoms with E-state index >= 15 is 0 Å². The molecule has 1 heteroatoms. The Morgan fingerprint density at radius 1 is 1.36 bits per heavy atom. The van der Waals surface area contributed by atoms with E-state index in [-0.39, 0.29) is 5.92 Å². The van der Waals surface area contributed by atoms with Gasteiger partial charge in [-0.25, -0.2) is 0 Å². The summed E-state index contributed by atoms with van der Waals surface area (Å²) in [5, 5.41) is 0. The topological polar surface area (TPSA) is 17.1 Å². The van der Waals surface area contributed by atoms with Gasteiger partial charge in [0.25, 0.3) is 0 Å². The first-order valence-electron chi connectivity index (χ1n) is 4.66. The van der Waals surface area contributed by atoms with Gasteiger partial charge in [-0.05, 0) is 18.8 Å². The fourth-order valence-electron chi connectivity index (χ4n) is 2.00. The van der Waals surface area contributed by atoms with Gasteiger partial charge in [-0.1, -0.05) is 27.2 Å². The van der Waals surface area contributed by atoms with Crippen LogP contribution in [-0.2, 0) is 4.79 Å². The van der Waals surface area contributed by atoms with Gasteiger partial charge in [0, 0.05) is 11.8 Å². The third-order valence-corrected chi connectivity index (χ3v) is 2.80. The fraction of sp³-hybridized carbons (Fsp3) is 0.900. The second-order valence-corrected chi connectivity index (χ2v) is 4.07. The first-order valence-corrected chi connectivity index (χ1v) is 4.66. The van der Waals surface area contributed by atoms with Crippen molar-refractivity contribution in [1.82, 2.24) is 0 Å². The van der Waals surface area contributed by atoms with Crippen molar-refractivity contribution in [3.63, 3.8) is 0 Å². The molecule has 1 saturated carbocycles. The number of hydrogen-bond donors (Lipinski definition) is 0. The van der Waals surface area contributed by atoms with Crippen molar-refractivity contribution in [2.75, 3.05) is 0 Å². The molecule has 1 aliphatic carbocycles. The van der Waals surface area contributed by atoms with Gasteiger partial charge in [-0.15, -0.1) is 0 Å². The lowest BCUT2D eigenvalue weighted by Crippen LogP contribution is -2.21. The van der Waals surface area contributed by atoms with Crippen LogP contribution in [-0.4, -0.2) is 5.78 Å². The van der Waals surface area contributed by atoms with Gasteiger partial charge in [0.2, 0.25) is 0 Å². The van der Waals surface area contributed by atoms with E-state index in [4.69, 9.17) is 0 Å².